The van der Waals surface area contributed by atoms with Crippen molar-refractivity contribution in [3.05, 3.63) is 33.3 Å². The third-order valence-electron chi connectivity index (χ3n) is 1.53. The van der Waals surface area contributed by atoms with Gasteiger partial charge < -0.3 is 5.11 Å². The molecule has 1 nitrogen and oxygen atoms in total. The van der Waals surface area contributed by atoms with Crippen LogP contribution in [0.25, 0.3) is 0 Å². The van der Waals surface area contributed by atoms with E-state index in [0.717, 1.165) is 0 Å². The zero-order valence-electron chi connectivity index (χ0n) is 6.40. The minimum absolute atomic E-state index is 0.0616. The summed E-state index contributed by atoms with van der Waals surface area (Å²) in [6.07, 6.45) is 0. The van der Waals surface area contributed by atoms with Crippen LogP contribution in [0.2, 0.25) is 5.02 Å². The summed E-state index contributed by atoms with van der Waals surface area (Å²) >= 11 is 8.52. The fourth-order valence-electron chi connectivity index (χ4n) is 0.926. The maximum absolute atomic E-state index is 13.0. The maximum atomic E-state index is 13.0. The molecule has 0 atom stereocenters. The number of rotatable bonds is 2. The van der Waals surface area contributed by atoms with Crippen LogP contribution >= 0.6 is 27.5 Å². The standard InChI is InChI=1S/C8H6BrClF2O/c9-5-2-1-3-6(10)7(5)8(11,12)4-13/h1-3,13H,4H2. The molecule has 0 spiro atoms. The van der Waals surface area contributed by atoms with Crippen molar-refractivity contribution in [2.24, 2.45) is 0 Å². The van der Waals surface area contributed by atoms with Gasteiger partial charge in [-0.25, -0.2) is 0 Å². The lowest BCUT2D eigenvalue weighted by Crippen LogP contribution is -2.19. The fraction of sp³-hybridized carbons (Fsp3) is 0.250. The van der Waals surface area contributed by atoms with E-state index in [4.69, 9.17) is 16.7 Å². The van der Waals surface area contributed by atoms with E-state index < -0.39 is 12.5 Å². The highest BCUT2D eigenvalue weighted by Crippen LogP contribution is 2.37. The molecule has 0 aliphatic rings. The van der Waals surface area contributed by atoms with Crippen molar-refractivity contribution in [1.82, 2.24) is 0 Å². The third-order valence-corrected chi connectivity index (χ3v) is 2.50. The fourth-order valence-corrected chi connectivity index (χ4v) is 2.01. The van der Waals surface area contributed by atoms with Gasteiger partial charge in [-0.1, -0.05) is 33.6 Å². The van der Waals surface area contributed by atoms with Crippen LogP contribution in [0.15, 0.2) is 22.7 Å². The normalized spacial score (nSPS) is 11.8. The predicted octanol–water partition coefficient (Wildman–Crippen LogP) is 3.19. The first-order valence-electron chi connectivity index (χ1n) is 3.42. The van der Waals surface area contributed by atoms with E-state index in [0.29, 0.717) is 0 Å². The van der Waals surface area contributed by atoms with Crippen LogP contribution in [0.3, 0.4) is 0 Å². The zero-order chi connectivity index (χ0) is 10.1. The zero-order valence-corrected chi connectivity index (χ0v) is 8.74. The molecular formula is C8H6BrClF2O. The van der Waals surface area contributed by atoms with Crippen LogP contribution in [0.1, 0.15) is 5.56 Å². The van der Waals surface area contributed by atoms with E-state index in [1.165, 1.54) is 12.1 Å². The SMILES string of the molecule is OCC(F)(F)c1c(Cl)cccc1Br. The van der Waals surface area contributed by atoms with Gasteiger partial charge in [-0.3, -0.25) is 0 Å². The van der Waals surface area contributed by atoms with Crippen LogP contribution in [-0.4, -0.2) is 11.7 Å². The minimum Gasteiger partial charge on any atom is -0.390 e. The van der Waals surface area contributed by atoms with Gasteiger partial charge in [0.15, 0.2) is 0 Å². The lowest BCUT2D eigenvalue weighted by Gasteiger charge is -2.16. The molecule has 1 N–H and O–H groups in total. The molecule has 0 saturated carbocycles. The largest absolute Gasteiger partial charge is 0.390 e. The van der Waals surface area contributed by atoms with E-state index >= 15 is 0 Å². The lowest BCUT2D eigenvalue weighted by molar-refractivity contribution is -0.0561. The summed E-state index contributed by atoms with van der Waals surface area (Å²) in [5.41, 5.74) is -0.376. The predicted molar refractivity (Wildman–Crippen MR) is 50.1 cm³/mol. The summed E-state index contributed by atoms with van der Waals surface area (Å²) in [7, 11) is 0. The third kappa shape index (κ3) is 2.18. The summed E-state index contributed by atoms with van der Waals surface area (Å²) in [4.78, 5) is 0. The smallest absolute Gasteiger partial charge is 0.298 e. The average Bonchev–Trinajstić information content (AvgIpc) is 2.03. The van der Waals surface area contributed by atoms with Gasteiger partial charge in [0, 0.05) is 4.47 Å². The molecule has 1 rings (SSSR count). The van der Waals surface area contributed by atoms with E-state index in [-0.39, 0.29) is 15.1 Å². The second kappa shape index (κ2) is 3.90. The highest BCUT2D eigenvalue weighted by molar-refractivity contribution is 9.10. The molecule has 5 heteroatoms. The number of hydrogen-bond donors (Lipinski definition) is 1. The molecule has 0 aromatic heterocycles. The van der Waals surface area contributed by atoms with Gasteiger partial charge in [0.2, 0.25) is 0 Å². The summed E-state index contributed by atoms with van der Waals surface area (Å²) in [5.74, 6) is -3.31. The number of halogens is 4. The number of alkyl halides is 2. The van der Waals surface area contributed by atoms with Gasteiger partial charge in [0.1, 0.15) is 6.61 Å². The van der Waals surface area contributed by atoms with Gasteiger partial charge in [-0.15, -0.1) is 0 Å². The highest BCUT2D eigenvalue weighted by Gasteiger charge is 2.34. The monoisotopic (exact) mass is 270 g/mol. The molecule has 0 saturated heterocycles. The Bertz CT molecular complexity index is 297. The Hall–Kier alpha value is -0.190. The highest BCUT2D eigenvalue weighted by atomic mass is 79.9. The summed E-state index contributed by atoms with van der Waals surface area (Å²) < 4.78 is 26.3. The van der Waals surface area contributed by atoms with Crippen molar-refractivity contribution in [1.29, 1.82) is 0 Å². The molecule has 0 aliphatic heterocycles. The van der Waals surface area contributed by atoms with E-state index in [1.54, 1.807) is 6.07 Å². The number of benzene rings is 1. The number of hydrogen-bond acceptors (Lipinski definition) is 1. The first kappa shape index (κ1) is 10.9. The Balaban J connectivity index is 3.28. The van der Waals surface area contributed by atoms with Crippen molar-refractivity contribution < 1.29 is 13.9 Å². The Morgan fingerprint density at radius 3 is 2.54 bits per heavy atom. The van der Waals surface area contributed by atoms with Crippen molar-refractivity contribution in [2.45, 2.75) is 5.92 Å². The minimum atomic E-state index is -3.31. The van der Waals surface area contributed by atoms with Crippen LogP contribution in [0.5, 0.6) is 0 Å². The lowest BCUT2D eigenvalue weighted by atomic mass is 10.1. The second-order valence-corrected chi connectivity index (χ2v) is 3.72. The van der Waals surface area contributed by atoms with Crippen molar-refractivity contribution in [2.75, 3.05) is 6.61 Å². The average molecular weight is 271 g/mol. The number of aliphatic hydroxyl groups excluding tert-OH is 1. The van der Waals surface area contributed by atoms with Crippen LogP contribution < -0.4 is 0 Å². The van der Waals surface area contributed by atoms with E-state index in [1.807, 2.05) is 0 Å². The Labute approximate surface area is 87.5 Å². The molecule has 0 heterocycles. The van der Waals surface area contributed by atoms with Crippen LogP contribution in [-0.2, 0) is 5.92 Å². The molecule has 13 heavy (non-hydrogen) atoms. The van der Waals surface area contributed by atoms with E-state index in [2.05, 4.69) is 15.9 Å². The number of aliphatic hydroxyl groups is 1. The molecular weight excluding hydrogens is 265 g/mol. The Morgan fingerprint density at radius 2 is 2.08 bits per heavy atom. The molecule has 1 aromatic carbocycles. The first-order chi connectivity index (χ1) is 5.99. The van der Waals surface area contributed by atoms with Crippen molar-refractivity contribution in [3.8, 4) is 0 Å². The van der Waals surface area contributed by atoms with Gasteiger partial charge in [0.25, 0.3) is 5.92 Å². The summed E-state index contributed by atoms with van der Waals surface area (Å²) in [6, 6.07) is 4.35. The summed E-state index contributed by atoms with van der Waals surface area (Å²) in [6.45, 7) is -1.25. The van der Waals surface area contributed by atoms with Gasteiger partial charge in [0.05, 0.1) is 10.6 Å². The summed E-state index contributed by atoms with van der Waals surface area (Å²) in [5, 5.41) is 8.41. The first-order valence-corrected chi connectivity index (χ1v) is 4.59. The molecule has 1 aromatic rings. The van der Waals surface area contributed by atoms with Gasteiger partial charge in [-0.2, -0.15) is 8.78 Å². The van der Waals surface area contributed by atoms with Crippen molar-refractivity contribution in [3.63, 3.8) is 0 Å². The quantitative estimate of drug-likeness (QED) is 0.876. The maximum Gasteiger partial charge on any atom is 0.298 e. The van der Waals surface area contributed by atoms with Crippen molar-refractivity contribution >= 4 is 27.5 Å². The van der Waals surface area contributed by atoms with Crippen LogP contribution in [0, 0.1) is 0 Å². The molecule has 0 unspecified atom stereocenters. The van der Waals surface area contributed by atoms with Gasteiger partial charge >= 0.3 is 0 Å². The Morgan fingerprint density at radius 1 is 1.46 bits per heavy atom. The molecule has 72 valence electrons. The van der Waals surface area contributed by atoms with E-state index in [9.17, 15) is 8.78 Å². The van der Waals surface area contributed by atoms with Crippen LogP contribution in [0.4, 0.5) is 8.78 Å². The molecule has 0 bridgehead atoms. The molecule has 0 amide bonds. The second-order valence-electron chi connectivity index (χ2n) is 2.46. The molecule has 0 radical (unpaired) electrons. The molecule has 0 fully saturated rings. The topological polar surface area (TPSA) is 20.2 Å². The van der Waals surface area contributed by atoms with Gasteiger partial charge in [-0.05, 0) is 12.1 Å². The Kier molecular flexibility index (Phi) is 3.27. The molecule has 0 aliphatic carbocycles.